The van der Waals surface area contributed by atoms with E-state index >= 15 is 0 Å². The van der Waals surface area contributed by atoms with Crippen LogP contribution in [0.4, 0.5) is 9.59 Å². The Hall–Kier alpha value is -5.88. The Kier molecular flexibility index (Phi) is 11.8. The van der Waals surface area contributed by atoms with E-state index in [0.717, 1.165) is 71.3 Å². The average molecular weight is 738 g/mol. The van der Waals surface area contributed by atoms with Gasteiger partial charge in [0, 0.05) is 24.2 Å². The first-order valence-electron chi connectivity index (χ1n) is 18.2. The summed E-state index contributed by atoms with van der Waals surface area (Å²) in [5, 5.41) is 8.20. The zero-order valence-electron chi connectivity index (χ0n) is 31.5. The third-order valence-corrected chi connectivity index (χ3v) is 9.70. The lowest BCUT2D eigenvalue weighted by molar-refractivity contribution is -0.188. The number of aromatic nitrogens is 4. The van der Waals surface area contributed by atoms with Crippen molar-refractivity contribution in [3.63, 3.8) is 0 Å². The molecule has 0 saturated carbocycles. The number of methoxy groups -OCH3 is 1. The number of urea groups is 1. The van der Waals surface area contributed by atoms with Crippen LogP contribution in [0.3, 0.4) is 0 Å². The molecule has 0 bridgehead atoms. The monoisotopic (exact) mass is 737 g/mol. The zero-order chi connectivity index (χ0) is 38.4. The predicted molar refractivity (Wildman–Crippen MR) is 202 cm³/mol. The summed E-state index contributed by atoms with van der Waals surface area (Å²) in [5.41, 5.74) is 5.10. The topological polar surface area (TPSA) is 170 Å². The first kappa shape index (κ1) is 37.9. The third kappa shape index (κ3) is 8.34. The third-order valence-electron chi connectivity index (χ3n) is 9.70. The molecular formula is C39H47N9O6. The van der Waals surface area contributed by atoms with Gasteiger partial charge in [-0.1, -0.05) is 37.8 Å². The summed E-state index contributed by atoms with van der Waals surface area (Å²) < 4.78 is 4.75. The van der Waals surface area contributed by atoms with Gasteiger partial charge in [0.1, 0.15) is 17.7 Å². The highest BCUT2D eigenvalue weighted by atomic mass is 17.2. The highest BCUT2D eigenvalue weighted by Crippen LogP contribution is 2.34. The van der Waals surface area contributed by atoms with Crippen LogP contribution in [0.15, 0.2) is 53.8 Å². The summed E-state index contributed by atoms with van der Waals surface area (Å²) in [6.45, 7) is 8.75. The molecule has 6 rings (SSSR count). The number of nitrogens with one attached hydrogen (secondary N) is 3. The maximum absolute atomic E-state index is 13.5. The second-order valence-electron chi connectivity index (χ2n) is 14.0. The fraction of sp³-hybridized carbons (Fsp3) is 0.436. The zero-order valence-corrected chi connectivity index (χ0v) is 31.5. The lowest BCUT2D eigenvalue weighted by Crippen LogP contribution is -2.51. The standard InChI is InChI=1S/C39H47N9O6/c1-24(2)34(45-38(50)52-5)37(49)46-19-7-10-33(46)36-42-29-18-15-27(21-30(29)43-36)12-11-26-13-16-28(17-14-26)31-22-40-35(44-31)32-9-8-20-47(32)39(51)48(25(3)4)41-23-54-53-6/h13-18,21-25,32-34H,7-10,19-20H2,1-6H3,(H,40,44)(H,42,43)(H,45,50)/b41-23-/t32-,33-,34-/m0/s1. The van der Waals surface area contributed by atoms with E-state index in [1.807, 2.05) is 70.2 Å². The van der Waals surface area contributed by atoms with Crippen molar-refractivity contribution in [1.29, 1.82) is 0 Å². The van der Waals surface area contributed by atoms with Crippen molar-refractivity contribution < 1.29 is 28.9 Å². The number of hydrogen-bond acceptors (Lipinski definition) is 9. The van der Waals surface area contributed by atoms with E-state index in [9.17, 15) is 14.4 Å². The van der Waals surface area contributed by atoms with Gasteiger partial charge in [-0.3, -0.25) is 4.79 Å². The summed E-state index contributed by atoms with van der Waals surface area (Å²) >= 11 is 0. The molecule has 2 fully saturated rings. The molecule has 4 heterocycles. The Balaban J connectivity index is 1.12. The number of likely N-dealkylation sites (tertiary alicyclic amines) is 2. The molecule has 3 atom stereocenters. The Bertz CT molecular complexity index is 2040. The van der Waals surface area contributed by atoms with Crippen molar-refractivity contribution in [1.82, 2.24) is 40.1 Å². The number of nitrogens with zero attached hydrogens (tertiary/aromatic N) is 6. The molecule has 0 radical (unpaired) electrons. The number of alkyl carbamates (subject to hydrolysis) is 1. The van der Waals surface area contributed by atoms with Gasteiger partial charge in [0.2, 0.25) is 12.3 Å². The molecule has 15 nitrogen and oxygen atoms in total. The van der Waals surface area contributed by atoms with Gasteiger partial charge in [-0.25, -0.2) is 24.6 Å². The molecule has 0 aliphatic carbocycles. The number of imidazole rings is 2. The first-order valence-corrected chi connectivity index (χ1v) is 18.2. The van der Waals surface area contributed by atoms with E-state index in [0.29, 0.717) is 18.9 Å². The molecule has 4 amide bonds. The van der Waals surface area contributed by atoms with Crippen molar-refractivity contribution in [2.45, 2.75) is 77.5 Å². The summed E-state index contributed by atoms with van der Waals surface area (Å²) in [6, 6.07) is 12.2. The van der Waals surface area contributed by atoms with Gasteiger partial charge in [0.05, 0.1) is 55.3 Å². The SMILES string of the molecule is COO/C=N\N(C(=O)N1CCC[C@H]1c1ncc(-c2ccc(C#Cc3ccc4nc([C@@H]5CCCN5C(=O)[C@@H](NC(=O)OC)C(C)C)[nH]c4c3)cc2)[nH]1)C(C)C. The second kappa shape index (κ2) is 16.9. The van der Waals surface area contributed by atoms with Crippen LogP contribution in [0.5, 0.6) is 0 Å². The second-order valence-corrected chi connectivity index (χ2v) is 14.0. The van der Waals surface area contributed by atoms with Gasteiger partial charge in [-0.05, 0) is 81.3 Å². The van der Waals surface area contributed by atoms with Crippen molar-refractivity contribution >= 4 is 35.5 Å². The number of rotatable bonds is 10. The Morgan fingerprint density at radius 2 is 1.63 bits per heavy atom. The van der Waals surface area contributed by atoms with Crippen LogP contribution in [0.1, 0.15) is 88.2 Å². The predicted octanol–water partition coefficient (Wildman–Crippen LogP) is 5.89. The van der Waals surface area contributed by atoms with Crippen molar-refractivity contribution in [3.8, 4) is 23.1 Å². The summed E-state index contributed by atoms with van der Waals surface area (Å²) in [7, 11) is 2.66. The molecule has 2 aromatic carbocycles. The van der Waals surface area contributed by atoms with Crippen LogP contribution in [0, 0.1) is 17.8 Å². The van der Waals surface area contributed by atoms with E-state index in [2.05, 4.69) is 42.1 Å². The highest BCUT2D eigenvalue weighted by molar-refractivity contribution is 5.86. The van der Waals surface area contributed by atoms with Crippen LogP contribution in [-0.4, -0.2) is 98.6 Å². The number of hydrogen-bond donors (Lipinski definition) is 3. The lowest BCUT2D eigenvalue weighted by atomic mass is 10.0. The van der Waals surface area contributed by atoms with Crippen molar-refractivity contribution in [2.75, 3.05) is 27.3 Å². The van der Waals surface area contributed by atoms with Crippen LogP contribution in [0.25, 0.3) is 22.3 Å². The quantitative estimate of drug-likeness (QED) is 0.0595. The molecule has 15 heteroatoms. The fourth-order valence-corrected chi connectivity index (χ4v) is 6.92. The first-order chi connectivity index (χ1) is 26.1. The fourth-order valence-electron chi connectivity index (χ4n) is 6.92. The van der Waals surface area contributed by atoms with Crippen LogP contribution in [0.2, 0.25) is 0 Å². The molecule has 3 N–H and O–H groups in total. The number of benzene rings is 2. The van der Waals surface area contributed by atoms with Gasteiger partial charge in [0.25, 0.3) is 0 Å². The minimum Gasteiger partial charge on any atom is -0.453 e. The minimum absolute atomic E-state index is 0.110. The molecule has 0 unspecified atom stereocenters. The van der Waals surface area contributed by atoms with Crippen molar-refractivity contribution in [2.24, 2.45) is 11.0 Å². The summed E-state index contributed by atoms with van der Waals surface area (Å²) in [4.78, 5) is 68.1. The van der Waals surface area contributed by atoms with E-state index in [1.54, 1.807) is 16.0 Å². The van der Waals surface area contributed by atoms with Gasteiger partial charge >= 0.3 is 12.1 Å². The molecule has 54 heavy (non-hydrogen) atoms. The molecule has 2 saturated heterocycles. The van der Waals surface area contributed by atoms with Gasteiger partial charge in [0.15, 0.2) is 0 Å². The normalized spacial score (nSPS) is 17.6. The van der Waals surface area contributed by atoms with E-state index in [1.165, 1.54) is 19.2 Å². The Labute approximate surface area is 314 Å². The van der Waals surface area contributed by atoms with Crippen LogP contribution in [-0.2, 0) is 19.3 Å². The van der Waals surface area contributed by atoms with E-state index in [-0.39, 0.29) is 36.0 Å². The molecule has 2 aromatic heterocycles. The molecule has 2 aliphatic heterocycles. The lowest BCUT2D eigenvalue weighted by Gasteiger charge is -2.30. The maximum atomic E-state index is 13.5. The van der Waals surface area contributed by atoms with Gasteiger partial charge < -0.3 is 34.7 Å². The number of amides is 4. The number of aromatic amines is 2. The van der Waals surface area contributed by atoms with Crippen molar-refractivity contribution in [3.05, 3.63) is 71.4 Å². The number of fused-ring (bicyclic) bond motifs is 1. The maximum Gasteiger partial charge on any atom is 0.407 e. The minimum atomic E-state index is -0.694. The number of carbonyl (C=O) groups excluding carboxylic acids is 3. The number of carbonyl (C=O) groups is 3. The smallest absolute Gasteiger partial charge is 0.407 e. The Morgan fingerprint density at radius 3 is 2.31 bits per heavy atom. The highest BCUT2D eigenvalue weighted by Gasteiger charge is 2.38. The summed E-state index contributed by atoms with van der Waals surface area (Å²) in [6.07, 6.45) is 5.52. The van der Waals surface area contributed by atoms with Gasteiger partial charge in [-0.15, -0.1) is 5.10 Å². The molecule has 4 aromatic rings. The molecule has 0 spiro atoms. The Morgan fingerprint density at radius 1 is 0.944 bits per heavy atom. The number of ether oxygens (including phenoxy) is 1. The number of hydrazone groups is 1. The van der Waals surface area contributed by atoms with Crippen LogP contribution >= 0.6 is 0 Å². The van der Waals surface area contributed by atoms with E-state index < -0.39 is 12.1 Å². The average Bonchev–Trinajstić information content (AvgIpc) is 4.00. The number of H-pyrrole nitrogens is 2. The largest absolute Gasteiger partial charge is 0.453 e. The summed E-state index contributed by atoms with van der Waals surface area (Å²) in [5.74, 6) is 7.69. The van der Waals surface area contributed by atoms with E-state index in [4.69, 9.17) is 14.6 Å². The molecule has 284 valence electrons. The van der Waals surface area contributed by atoms with Crippen LogP contribution < -0.4 is 5.32 Å². The molecular weight excluding hydrogens is 690 g/mol. The molecule has 2 aliphatic rings. The van der Waals surface area contributed by atoms with Gasteiger partial charge in [-0.2, -0.15) is 4.89 Å².